The quantitative estimate of drug-likeness (QED) is 0.712. The number of aromatic hydroxyl groups is 1. The predicted octanol–water partition coefficient (Wildman–Crippen LogP) is 6.13. The van der Waals surface area contributed by atoms with E-state index in [4.69, 9.17) is 0 Å². The van der Waals surface area contributed by atoms with Crippen molar-refractivity contribution >= 4 is 0 Å². The zero-order valence-electron chi connectivity index (χ0n) is 14.3. The van der Waals surface area contributed by atoms with Crippen LogP contribution in [0.2, 0.25) is 0 Å². The molecule has 4 unspecified atom stereocenters. The second-order valence-electron chi connectivity index (χ2n) is 8.18. The van der Waals surface area contributed by atoms with Gasteiger partial charge in [-0.1, -0.05) is 51.7 Å². The van der Waals surface area contributed by atoms with E-state index in [0.29, 0.717) is 11.7 Å². The van der Waals surface area contributed by atoms with E-state index in [1.165, 1.54) is 56.9 Å². The van der Waals surface area contributed by atoms with Crippen molar-refractivity contribution in [2.24, 2.45) is 23.7 Å². The van der Waals surface area contributed by atoms with Crippen molar-refractivity contribution in [2.75, 3.05) is 0 Å². The molecule has 1 aromatic carbocycles. The number of benzene rings is 1. The lowest BCUT2D eigenvalue weighted by molar-refractivity contribution is 0.158. The molecule has 0 amide bonds. The van der Waals surface area contributed by atoms with Crippen LogP contribution in [0.25, 0.3) is 0 Å². The lowest BCUT2D eigenvalue weighted by Gasteiger charge is -2.41. The lowest BCUT2D eigenvalue weighted by atomic mass is 9.64. The van der Waals surface area contributed by atoms with E-state index < -0.39 is 0 Å². The maximum atomic E-state index is 9.64. The molecule has 1 N–H and O–H groups in total. The Morgan fingerprint density at radius 1 is 0.818 bits per heavy atom. The van der Waals surface area contributed by atoms with Crippen LogP contribution in [-0.2, 0) is 0 Å². The van der Waals surface area contributed by atoms with Gasteiger partial charge in [0.15, 0.2) is 0 Å². The molecule has 1 aromatic rings. The van der Waals surface area contributed by atoms with Crippen LogP contribution in [0.1, 0.15) is 76.7 Å². The topological polar surface area (TPSA) is 20.2 Å². The van der Waals surface area contributed by atoms with Gasteiger partial charge in [-0.3, -0.25) is 0 Å². The summed E-state index contributed by atoms with van der Waals surface area (Å²) in [4.78, 5) is 0. The molecule has 2 aliphatic rings. The van der Waals surface area contributed by atoms with Crippen molar-refractivity contribution in [1.82, 2.24) is 0 Å². The fourth-order valence-corrected chi connectivity index (χ4v) is 5.24. The number of rotatable bonds is 3. The molecule has 4 atom stereocenters. The van der Waals surface area contributed by atoms with E-state index in [1.807, 2.05) is 12.1 Å². The van der Waals surface area contributed by atoms with Gasteiger partial charge in [0.25, 0.3) is 0 Å². The van der Waals surface area contributed by atoms with Gasteiger partial charge in [-0.25, -0.2) is 0 Å². The van der Waals surface area contributed by atoms with Crippen LogP contribution in [-0.4, -0.2) is 5.11 Å². The summed E-state index contributed by atoms with van der Waals surface area (Å²) in [7, 11) is 0. The van der Waals surface area contributed by atoms with Crippen molar-refractivity contribution in [3.8, 4) is 5.75 Å². The lowest BCUT2D eigenvalue weighted by Crippen LogP contribution is -2.29. The highest BCUT2D eigenvalue weighted by molar-refractivity contribution is 5.29. The minimum atomic E-state index is 0.400. The summed E-state index contributed by atoms with van der Waals surface area (Å²) in [6.45, 7) is 4.87. The SMILES string of the molecule is CC1CCCC(C(c2ccc(O)cc2)C2CCCC(C)C2)C1. The van der Waals surface area contributed by atoms with Crippen LogP contribution < -0.4 is 0 Å². The standard InChI is InChI=1S/C21H32O/c1-15-5-3-7-18(13-15)21(17-9-11-20(22)12-10-17)19-8-4-6-16(2)14-19/h9-12,15-16,18-19,21-22H,3-8,13-14H2,1-2H3. The van der Waals surface area contributed by atoms with Gasteiger partial charge < -0.3 is 5.11 Å². The third-order valence-electron chi connectivity index (χ3n) is 6.25. The van der Waals surface area contributed by atoms with Gasteiger partial charge in [0.2, 0.25) is 0 Å². The predicted molar refractivity (Wildman–Crippen MR) is 93.1 cm³/mol. The number of phenolic OH excluding ortho intramolecular Hbond substituents is 1. The van der Waals surface area contributed by atoms with Gasteiger partial charge in [-0.05, 0) is 73.0 Å². The Morgan fingerprint density at radius 2 is 1.32 bits per heavy atom. The van der Waals surface area contributed by atoms with Crippen LogP contribution >= 0.6 is 0 Å². The molecular formula is C21H32O. The van der Waals surface area contributed by atoms with Gasteiger partial charge in [-0.15, -0.1) is 0 Å². The van der Waals surface area contributed by atoms with E-state index in [0.717, 1.165) is 23.7 Å². The summed E-state index contributed by atoms with van der Waals surface area (Å²) in [5.74, 6) is 4.59. The van der Waals surface area contributed by atoms with Gasteiger partial charge in [-0.2, -0.15) is 0 Å². The first-order chi connectivity index (χ1) is 10.6. The first-order valence-corrected chi connectivity index (χ1v) is 9.42. The molecule has 0 spiro atoms. The maximum Gasteiger partial charge on any atom is 0.115 e. The fraction of sp³-hybridized carbons (Fsp3) is 0.714. The van der Waals surface area contributed by atoms with Crippen molar-refractivity contribution in [1.29, 1.82) is 0 Å². The Bertz CT molecular complexity index is 441. The van der Waals surface area contributed by atoms with Gasteiger partial charge >= 0.3 is 0 Å². The van der Waals surface area contributed by atoms with Gasteiger partial charge in [0.05, 0.1) is 0 Å². The Balaban J connectivity index is 1.85. The summed E-state index contributed by atoms with van der Waals surface area (Å²) in [5.41, 5.74) is 1.48. The Kier molecular flexibility index (Phi) is 5.10. The highest BCUT2D eigenvalue weighted by Crippen LogP contribution is 2.47. The normalized spacial score (nSPS) is 34.3. The van der Waals surface area contributed by atoms with E-state index in [2.05, 4.69) is 26.0 Å². The molecule has 2 saturated carbocycles. The average Bonchev–Trinajstić information content (AvgIpc) is 2.50. The first-order valence-electron chi connectivity index (χ1n) is 9.42. The van der Waals surface area contributed by atoms with Crippen molar-refractivity contribution in [3.63, 3.8) is 0 Å². The second-order valence-corrected chi connectivity index (χ2v) is 8.18. The molecule has 0 aliphatic heterocycles. The van der Waals surface area contributed by atoms with Crippen LogP contribution in [0.15, 0.2) is 24.3 Å². The average molecular weight is 300 g/mol. The fourth-order valence-electron chi connectivity index (χ4n) is 5.24. The number of phenols is 1. The largest absolute Gasteiger partial charge is 0.508 e. The number of hydrogen-bond acceptors (Lipinski definition) is 1. The summed E-state index contributed by atoms with van der Waals surface area (Å²) in [6, 6.07) is 8.17. The zero-order valence-corrected chi connectivity index (χ0v) is 14.3. The molecule has 1 nitrogen and oxygen atoms in total. The van der Waals surface area contributed by atoms with E-state index in [-0.39, 0.29) is 0 Å². The second kappa shape index (κ2) is 7.06. The molecule has 122 valence electrons. The molecule has 22 heavy (non-hydrogen) atoms. The molecule has 0 aromatic heterocycles. The van der Waals surface area contributed by atoms with Crippen LogP contribution in [0, 0.1) is 23.7 Å². The monoisotopic (exact) mass is 300 g/mol. The smallest absolute Gasteiger partial charge is 0.115 e. The molecule has 3 rings (SSSR count). The van der Waals surface area contributed by atoms with Crippen LogP contribution in [0.3, 0.4) is 0 Å². The van der Waals surface area contributed by atoms with Gasteiger partial charge in [0, 0.05) is 0 Å². The first kappa shape index (κ1) is 15.9. The summed E-state index contributed by atoms with van der Waals surface area (Å²) in [5, 5.41) is 9.64. The molecule has 0 saturated heterocycles. The third kappa shape index (κ3) is 3.67. The minimum Gasteiger partial charge on any atom is -0.508 e. The highest BCUT2D eigenvalue weighted by atomic mass is 16.3. The van der Waals surface area contributed by atoms with E-state index >= 15 is 0 Å². The molecule has 0 radical (unpaired) electrons. The molecule has 2 fully saturated rings. The Morgan fingerprint density at radius 3 is 1.77 bits per heavy atom. The minimum absolute atomic E-state index is 0.400. The van der Waals surface area contributed by atoms with E-state index in [9.17, 15) is 5.11 Å². The molecule has 0 bridgehead atoms. The molecule has 1 heteroatoms. The molecular weight excluding hydrogens is 268 g/mol. The maximum absolute atomic E-state index is 9.64. The third-order valence-corrected chi connectivity index (χ3v) is 6.25. The Labute approximate surface area is 136 Å². The molecule has 2 aliphatic carbocycles. The van der Waals surface area contributed by atoms with Gasteiger partial charge in [0.1, 0.15) is 5.75 Å². The van der Waals surface area contributed by atoms with Crippen LogP contribution in [0.4, 0.5) is 0 Å². The van der Waals surface area contributed by atoms with Crippen molar-refractivity contribution in [2.45, 2.75) is 71.1 Å². The van der Waals surface area contributed by atoms with Crippen molar-refractivity contribution < 1.29 is 5.11 Å². The van der Waals surface area contributed by atoms with Crippen LogP contribution in [0.5, 0.6) is 5.75 Å². The summed E-state index contributed by atoms with van der Waals surface area (Å²) in [6.07, 6.45) is 11.2. The summed E-state index contributed by atoms with van der Waals surface area (Å²) < 4.78 is 0. The zero-order chi connectivity index (χ0) is 15.5. The Hall–Kier alpha value is -0.980. The highest BCUT2D eigenvalue weighted by Gasteiger charge is 2.35. The number of hydrogen-bond donors (Lipinski definition) is 1. The van der Waals surface area contributed by atoms with E-state index in [1.54, 1.807) is 0 Å². The molecule has 0 heterocycles. The summed E-state index contributed by atoms with van der Waals surface area (Å²) >= 11 is 0. The van der Waals surface area contributed by atoms with Crippen molar-refractivity contribution in [3.05, 3.63) is 29.8 Å².